The molecule has 3 aromatic rings. The monoisotopic (exact) mass is 433 g/mol. The molecule has 0 bridgehead atoms. The van der Waals surface area contributed by atoms with Crippen LogP contribution in [-0.4, -0.2) is 35.2 Å². The number of hydrogen-bond acceptors (Lipinski definition) is 6. The van der Waals surface area contributed by atoms with Crippen LogP contribution in [0.15, 0.2) is 88.7 Å². The Morgan fingerprint density at radius 1 is 0.655 bits per heavy atom. The van der Waals surface area contributed by atoms with E-state index < -0.39 is 20.1 Å². The summed E-state index contributed by atoms with van der Waals surface area (Å²) < 4.78 is 61.4. The van der Waals surface area contributed by atoms with E-state index in [1.807, 2.05) is 18.2 Å². The summed E-state index contributed by atoms with van der Waals surface area (Å²) in [6.07, 6.45) is 0. The zero-order valence-electron chi connectivity index (χ0n) is 15.7. The van der Waals surface area contributed by atoms with Crippen LogP contribution < -0.4 is 8.92 Å². The Morgan fingerprint density at radius 2 is 1.21 bits per heavy atom. The fourth-order valence-electron chi connectivity index (χ4n) is 2.36. The van der Waals surface area contributed by atoms with Crippen molar-refractivity contribution in [3.05, 3.63) is 78.9 Å². The smallest absolute Gasteiger partial charge is 0.339 e. The number of sulfonamides is 1. The van der Waals surface area contributed by atoms with E-state index in [1.54, 1.807) is 24.3 Å². The highest BCUT2D eigenvalue weighted by molar-refractivity contribution is 7.89. The highest BCUT2D eigenvalue weighted by Gasteiger charge is 2.22. The molecule has 7 nitrogen and oxygen atoms in total. The number of ether oxygens (including phenoxy) is 1. The maximum Gasteiger partial charge on any atom is 0.339 e. The first kappa shape index (κ1) is 20.8. The Labute approximate surface area is 170 Å². The summed E-state index contributed by atoms with van der Waals surface area (Å²) in [7, 11) is -5.25. The molecule has 0 fully saturated rings. The number of para-hydroxylation sites is 1. The zero-order valence-corrected chi connectivity index (χ0v) is 17.4. The number of hydrogen-bond donors (Lipinski definition) is 0. The largest absolute Gasteiger partial charge is 0.457 e. The van der Waals surface area contributed by atoms with Crippen molar-refractivity contribution < 1.29 is 25.8 Å². The van der Waals surface area contributed by atoms with Crippen molar-refractivity contribution in [3.63, 3.8) is 0 Å². The van der Waals surface area contributed by atoms with E-state index in [1.165, 1.54) is 44.4 Å². The molecule has 152 valence electrons. The van der Waals surface area contributed by atoms with E-state index in [0.29, 0.717) is 11.5 Å². The first-order valence-electron chi connectivity index (χ1n) is 8.48. The predicted molar refractivity (Wildman–Crippen MR) is 108 cm³/mol. The van der Waals surface area contributed by atoms with Crippen LogP contribution in [0.3, 0.4) is 0 Å². The molecule has 0 radical (unpaired) electrons. The minimum absolute atomic E-state index is 0.0753. The SMILES string of the molecule is CN(C)S(=O)(=O)c1cccc(S(=O)(=O)Oc2ccc(Oc3ccccc3)cc2)c1. The van der Waals surface area contributed by atoms with E-state index in [9.17, 15) is 16.8 Å². The van der Waals surface area contributed by atoms with Crippen molar-refractivity contribution in [2.45, 2.75) is 9.79 Å². The second-order valence-electron chi connectivity index (χ2n) is 6.19. The van der Waals surface area contributed by atoms with Gasteiger partial charge < -0.3 is 8.92 Å². The van der Waals surface area contributed by atoms with E-state index >= 15 is 0 Å². The molecule has 0 spiro atoms. The molecule has 0 aliphatic carbocycles. The fraction of sp³-hybridized carbons (Fsp3) is 0.100. The van der Waals surface area contributed by atoms with Crippen molar-refractivity contribution in [1.29, 1.82) is 0 Å². The van der Waals surface area contributed by atoms with Gasteiger partial charge in [0, 0.05) is 14.1 Å². The molecule has 0 amide bonds. The molecule has 0 N–H and O–H groups in total. The van der Waals surface area contributed by atoms with Gasteiger partial charge in [0.25, 0.3) is 0 Å². The van der Waals surface area contributed by atoms with E-state index in [4.69, 9.17) is 8.92 Å². The van der Waals surface area contributed by atoms with Gasteiger partial charge in [-0.1, -0.05) is 24.3 Å². The predicted octanol–water partition coefficient (Wildman–Crippen LogP) is 3.50. The maximum atomic E-state index is 12.6. The summed E-state index contributed by atoms with van der Waals surface area (Å²) in [6.45, 7) is 0. The Balaban J connectivity index is 1.79. The Bertz CT molecular complexity index is 1190. The van der Waals surface area contributed by atoms with Crippen LogP contribution >= 0.6 is 0 Å². The van der Waals surface area contributed by atoms with Gasteiger partial charge in [0.1, 0.15) is 22.1 Å². The third-order valence-electron chi connectivity index (χ3n) is 3.88. The first-order chi connectivity index (χ1) is 13.7. The summed E-state index contributed by atoms with van der Waals surface area (Å²) in [6, 6.07) is 20.2. The minimum Gasteiger partial charge on any atom is -0.457 e. The van der Waals surface area contributed by atoms with Gasteiger partial charge in [0.15, 0.2) is 0 Å². The van der Waals surface area contributed by atoms with Crippen LogP contribution in [0.2, 0.25) is 0 Å². The maximum absolute atomic E-state index is 12.6. The lowest BCUT2D eigenvalue weighted by molar-refractivity contribution is 0.474. The van der Waals surface area contributed by atoms with Gasteiger partial charge in [-0.3, -0.25) is 0 Å². The molecular weight excluding hydrogens is 414 g/mol. The van der Waals surface area contributed by atoms with Crippen molar-refractivity contribution in [2.24, 2.45) is 0 Å². The molecule has 29 heavy (non-hydrogen) atoms. The van der Waals surface area contributed by atoms with Gasteiger partial charge in [-0.05, 0) is 54.6 Å². The zero-order chi connectivity index (χ0) is 21.1. The average molecular weight is 434 g/mol. The van der Waals surface area contributed by atoms with Gasteiger partial charge >= 0.3 is 10.1 Å². The summed E-state index contributed by atoms with van der Waals surface area (Å²) in [5, 5.41) is 0. The second kappa shape index (κ2) is 8.24. The molecular formula is C20H19NO6S2. The Kier molecular flexibility index (Phi) is 5.92. The molecule has 0 aromatic heterocycles. The van der Waals surface area contributed by atoms with Crippen LogP contribution in [-0.2, 0) is 20.1 Å². The van der Waals surface area contributed by atoms with E-state index in [0.717, 1.165) is 10.4 Å². The van der Waals surface area contributed by atoms with Gasteiger partial charge in [-0.2, -0.15) is 8.42 Å². The highest BCUT2D eigenvalue weighted by Crippen LogP contribution is 2.26. The first-order valence-corrected chi connectivity index (χ1v) is 11.3. The van der Waals surface area contributed by atoms with E-state index in [2.05, 4.69) is 0 Å². The molecule has 3 rings (SSSR count). The standard InChI is InChI=1S/C20H19NO6S2/c1-21(2)28(22,23)19-9-6-10-20(15-19)29(24,25)27-18-13-11-17(12-14-18)26-16-7-4-3-5-8-16/h3-15H,1-2H3. The van der Waals surface area contributed by atoms with Gasteiger partial charge in [-0.25, -0.2) is 12.7 Å². The van der Waals surface area contributed by atoms with Gasteiger partial charge in [-0.15, -0.1) is 0 Å². The fourth-order valence-corrected chi connectivity index (χ4v) is 4.36. The van der Waals surface area contributed by atoms with Crippen molar-refractivity contribution in [2.75, 3.05) is 14.1 Å². The minimum atomic E-state index is -4.22. The second-order valence-corrected chi connectivity index (χ2v) is 9.88. The van der Waals surface area contributed by atoms with Crippen LogP contribution in [0.25, 0.3) is 0 Å². The highest BCUT2D eigenvalue weighted by atomic mass is 32.2. The van der Waals surface area contributed by atoms with Crippen LogP contribution in [0.5, 0.6) is 17.2 Å². The third kappa shape index (κ3) is 4.94. The summed E-state index contributed by atoms with van der Waals surface area (Å²) >= 11 is 0. The Morgan fingerprint density at radius 3 is 1.83 bits per heavy atom. The molecule has 9 heteroatoms. The lowest BCUT2D eigenvalue weighted by Crippen LogP contribution is -2.22. The normalized spacial score (nSPS) is 12.0. The van der Waals surface area contributed by atoms with Crippen LogP contribution in [0.4, 0.5) is 0 Å². The van der Waals surface area contributed by atoms with Crippen molar-refractivity contribution >= 4 is 20.1 Å². The van der Waals surface area contributed by atoms with Crippen molar-refractivity contribution in [1.82, 2.24) is 4.31 Å². The van der Waals surface area contributed by atoms with E-state index in [-0.39, 0.29) is 15.5 Å². The lowest BCUT2D eigenvalue weighted by atomic mass is 10.3. The van der Waals surface area contributed by atoms with Gasteiger partial charge in [0.2, 0.25) is 10.0 Å². The third-order valence-corrected chi connectivity index (χ3v) is 6.94. The molecule has 0 atom stereocenters. The van der Waals surface area contributed by atoms with Crippen LogP contribution in [0.1, 0.15) is 0 Å². The lowest BCUT2D eigenvalue weighted by Gasteiger charge is -2.13. The Hall–Kier alpha value is -2.88. The number of benzene rings is 3. The molecule has 0 saturated carbocycles. The molecule has 3 aromatic carbocycles. The van der Waals surface area contributed by atoms with Gasteiger partial charge in [0.05, 0.1) is 4.90 Å². The quantitative estimate of drug-likeness (QED) is 0.530. The summed E-state index contributed by atoms with van der Waals surface area (Å²) in [5.41, 5.74) is 0. The number of nitrogens with zero attached hydrogens (tertiary/aromatic N) is 1. The molecule has 0 unspecified atom stereocenters. The average Bonchev–Trinajstić information content (AvgIpc) is 2.70. The molecule has 0 aliphatic heterocycles. The van der Waals surface area contributed by atoms with Crippen molar-refractivity contribution in [3.8, 4) is 17.2 Å². The van der Waals surface area contributed by atoms with Crippen LogP contribution in [0, 0.1) is 0 Å². The summed E-state index contributed by atoms with van der Waals surface area (Å²) in [5.74, 6) is 1.24. The number of rotatable bonds is 7. The topological polar surface area (TPSA) is 90.0 Å². The molecule has 0 saturated heterocycles. The molecule has 0 aliphatic rings. The molecule has 0 heterocycles. The summed E-state index contributed by atoms with van der Waals surface area (Å²) in [4.78, 5) is -0.399.